The van der Waals surface area contributed by atoms with Crippen molar-refractivity contribution in [1.29, 1.82) is 0 Å². The summed E-state index contributed by atoms with van der Waals surface area (Å²) in [5.74, 6) is 0.140. The number of benzene rings is 1. The van der Waals surface area contributed by atoms with Gasteiger partial charge in [-0.25, -0.2) is 4.39 Å². The zero-order valence-corrected chi connectivity index (χ0v) is 9.11. The molecule has 0 saturated carbocycles. The predicted molar refractivity (Wildman–Crippen MR) is 57.3 cm³/mol. The number of aliphatic hydroxyl groups is 1. The van der Waals surface area contributed by atoms with Gasteiger partial charge < -0.3 is 9.84 Å². The maximum atomic E-state index is 13.3. The number of hydrogen-bond donors (Lipinski definition) is 1. The summed E-state index contributed by atoms with van der Waals surface area (Å²) < 4.78 is 18.7. The summed E-state index contributed by atoms with van der Waals surface area (Å²) in [6.45, 7) is 2.68. The van der Waals surface area contributed by atoms with E-state index in [1.165, 1.54) is 6.07 Å². The van der Waals surface area contributed by atoms with Crippen LogP contribution in [0.2, 0.25) is 0 Å². The van der Waals surface area contributed by atoms with E-state index in [9.17, 15) is 4.39 Å². The van der Waals surface area contributed by atoms with Crippen LogP contribution in [0.3, 0.4) is 0 Å². The Kier molecular flexibility index (Phi) is 4.72. The molecule has 1 fully saturated rings. The van der Waals surface area contributed by atoms with Crippen molar-refractivity contribution >= 4 is 0 Å². The first-order valence-corrected chi connectivity index (χ1v) is 5.08. The third kappa shape index (κ3) is 3.01. The first-order chi connectivity index (χ1) is 7.27. The van der Waals surface area contributed by atoms with Crippen molar-refractivity contribution < 1.29 is 14.2 Å². The summed E-state index contributed by atoms with van der Waals surface area (Å²) in [5, 5.41) is 7.00. The van der Waals surface area contributed by atoms with E-state index >= 15 is 0 Å². The average Bonchev–Trinajstić information content (AvgIpc) is 2.68. The summed E-state index contributed by atoms with van der Waals surface area (Å²) in [6.07, 6.45) is 1.20. The summed E-state index contributed by atoms with van der Waals surface area (Å²) in [4.78, 5) is 0. The van der Waals surface area contributed by atoms with Crippen LogP contribution in [0.1, 0.15) is 24.8 Å². The molecule has 84 valence electrons. The fourth-order valence-corrected chi connectivity index (χ4v) is 1.84. The molecule has 2 rings (SSSR count). The summed E-state index contributed by atoms with van der Waals surface area (Å²) >= 11 is 0. The highest BCUT2D eigenvalue weighted by molar-refractivity contribution is 5.22. The van der Waals surface area contributed by atoms with Crippen molar-refractivity contribution in [3.05, 3.63) is 35.6 Å². The fourth-order valence-electron chi connectivity index (χ4n) is 1.84. The standard InChI is InChI=1S/C11H13FO.CH4O/c1-8-6-9(7-13-8)10-4-2-3-5-11(10)12;1-2/h2-5,8-9H,6-7H2,1H3;2H,1H3. The van der Waals surface area contributed by atoms with E-state index in [-0.39, 0.29) is 17.8 Å². The first kappa shape index (κ1) is 12.1. The Morgan fingerprint density at radius 2 is 2.00 bits per heavy atom. The lowest BCUT2D eigenvalue weighted by Gasteiger charge is -2.08. The molecule has 15 heavy (non-hydrogen) atoms. The SMILES string of the molecule is CC1CC(c2ccccc2F)CO1.CO. The lowest BCUT2D eigenvalue weighted by Crippen LogP contribution is -2.00. The number of halogens is 1. The van der Waals surface area contributed by atoms with Gasteiger partial charge in [-0.15, -0.1) is 0 Å². The molecule has 1 aliphatic heterocycles. The molecule has 0 radical (unpaired) electrons. The second-order valence-electron chi connectivity index (χ2n) is 3.60. The third-order valence-corrected chi connectivity index (χ3v) is 2.54. The quantitative estimate of drug-likeness (QED) is 0.774. The van der Waals surface area contributed by atoms with Gasteiger partial charge in [-0.1, -0.05) is 18.2 Å². The highest BCUT2D eigenvalue weighted by Crippen LogP contribution is 2.30. The van der Waals surface area contributed by atoms with E-state index in [1.54, 1.807) is 6.07 Å². The van der Waals surface area contributed by atoms with Crippen LogP contribution < -0.4 is 0 Å². The highest BCUT2D eigenvalue weighted by atomic mass is 19.1. The molecule has 0 aromatic heterocycles. The lowest BCUT2D eigenvalue weighted by molar-refractivity contribution is 0.123. The van der Waals surface area contributed by atoms with Crippen LogP contribution >= 0.6 is 0 Å². The Hall–Kier alpha value is -0.930. The van der Waals surface area contributed by atoms with Gasteiger partial charge in [0.05, 0.1) is 12.7 Å². The molecule has 0 aliphatic carbocycles. The van der Waals surface area contributed by atoms with Crippen molar-refractivity contribution in [2.24, 2.45) is 0 Å². The Morgan fingerprint density at radius 3 is 2.53 bits per heavy atom. The van der Waals surface area contributed by atoms with E-state index in [0.29, 0.717) is 6.61 Å². The Labute approximate surface area is 89.7 Å². The van der Waals surface area contributed by atoms with Gasteiger partial charge in [0.1, 0.15) is 5.82 Å². The van der Waals surface area contributed by atoms with Gasteiger partial charge in [0.15, 0.2) is 0 Å². The van der Waals surface area contributed by atoms with Crippen LogP contribution in [0.4, 0.5) is 4.39 Å². The van der Waals surface area contributed by atoms with Crippen LogP contribution in [0, 0.1) is 5.82 Å². The highest BCUT2D eigenvalue weighted by Gasteiger charge is 2.25. The van der Waals surface area contributed by atoms with E-state index in [0.717, 1.165) is 19.1 Å². The summed E-state index contributed by atoms with van der Waals surface area (Å²) in [7, 11) is 1.00. The zero-order chi connectivity index (χ0) is 11.3. The van der Waals surface area contributed by atoms with Crippen LogP contribution in [0.15, 0.2) is 24.3 Å². The number of rotatable bonds is 1. The van der Waals surface area contributed by atoms with E-state index in [4.69, 9.17) is 9.84 Å². The molecule has 1 aromatic carbocycles. The normalized spacial score (nSPS) is 24.5. The molecule has 3 heteroatoms. The second kappa shape index (κ2) is 5.83. The molecule has 1 aromatic rings. The van der Waals surface area contributed by atoms with Crippen LogP contribution in [0.25, 0.3) is 0 Å². The van der Waals surface area contributed by atoms with Gasteiger partial charge >= 0.3 is 0 Å². The molecule has 1 saturated heterocycles. The molecule has 0 bridgehead atoms. The van der Waals surface area contributed by atoms with Crippen LogP contribution in [-0.2, 0) is 4.74 Å². The number of ether oxygens (including phenoxy) is 1. The van der Waals surface area contributed by atoms with Crippen LogP contribution in [-0.4, -0.2) is 24.9 Å². The molecule has 0 spiro atoms. The van der Waals surface area contributed by atoms with Gasteiger partial charge in [0.25, 0.3) is 0 Å². The molecule has 0 amide bonds. The van der Waals surface area contributed by atoms with E-state index in [2.05, 4.69) is 0 Å². The van der Waals surface area contributed by atoms with Crippen molar-refractivity contribution in [1.82, 2.24) is 0 Å². The largest absolute Gasteiger partial charge is 0.400 e. The first-order valence-electron chi connectivity index (χ1n) is 5.08. The van der Waals surface area contributed by atoms with Gasteiger partial charge in [-0.2, -0.15) is 0 Å². The smallest absolute Gasteiger partial charge is 0.126 e. The average molecular weight is 212 g/mol. The Morgan fingerprint density at radius 1 is 1.33 bits per heavy atom. The molecule has 1 N–H and O–H groups in total. The third-order valence-electron chi connectivity index (χ3n) is 2.54. The molecular weight excluding hydrogens is 195 g/mol. The Balaban J connectivity index is 0.000000531. The number of aliphatic hydroxyl groups excluding tert-OH is 1. The maximum Gasteiger partial charge on any atom is 0.126 e. The number of hydrogen-bond acceptors (Lipinski definition) is 2. The fraction of sp³-hybridized carbons (Fsp3) is 0.500. The zero-order valence-electron chi connectivity index (χ0n) is 9.11. The summed E-state index contributed by atoms with van der Waals surface area (Å²) in [6, 6.07) is 6.96. The maximum absolute atomic E-state index is 13.3. The molecular formula is C12H17FO2. The molecule has 2 nitrogen and oxygen atoms in total. The molecule has 1 aliphatic rings. The van der Waals surface area contributed by atoms with Crippen molar-refractivity contribution in [3.63, 3.8) is 0 Å². The van der Waals surface area contributed by atoms with Gasteiger partial charge in [0.2, 0.25) is 0 Å². The van der Waals surface area contributed by atoms with Crippen molar-refractivity contribution in [2.45, 2.75) is 25.4 Å². The van der Waals surface area contributed by atoms with Crippen LogP contribution in [0.5, 0.6) is 0 Å². The molecule has 2 unspecified atom stereocenters. The monoisotopic (exact) mass is 212 g/mol. The van der Waals surface area contributed by atoms with E-state index in [1.807, 2.05) is 19.1 Å². The van der Waals surface area contributed by atoms with Gasteiger partial charge in [-0.3, -0.25) is 0 Å². The second-order valence-corrected chi connectivity index (χ2v) is 3.60. The minimum absolute atomic E-state index is 0.106. The van der Waals surface area contributed by atoms with E-state index < -0.39 is 0 Å². The van der Waals surface area contributed by atoms with Crippen molar-refractivity contribution in [2.75, 3.05) is 13.7 Å². The lowest BCUT2D eigenvalue weighted by atomic mass is 9.96. The summed E-state index contributed by atoms with van der Waals surface area (Å²) in [5.41, 5.74) is 0.798. The van der Waals surface area contributed by atoms with Gasteiger partial charge in [-0.05, 0) is 25.0 Å². The minimum atomic E-state index is -0.106. The predicted octanol–water partition coefficient (Wildman–Crippen LogP) is 2.33. The minimum Gasteiger partial charge on any atom is -0.400 e. The van der Waals surface area contributed by atoms with Gasteiger partial charge in [0, 0.05) is 13.0 Å². The molecule has 1 heterocycles. The molecule has 2 atom stereocenters. The van der Waals surface area contributed by atoms with Crippen molar-refractivity contribution in [3.8, 4) is 0 Å². The Bertz CT molecular complexity index is 301. The topological polar surface area (TPSA) is 29.5 Å².